The van der Waals surface area contributed by atoms with E-state index in [0.29, 0.717) is 12.1 Å². The summed E-state index contributed by atoms with van der Waals surface area (Å²) in [5.41, 5.74) is 2.38. The molecule has 1 aromatic rings. The summed E-state index contributed by atoms with van der Waals surface area (Å²) in [4.78, 5) is 2.51. The second kappa shape index (κ2) is 7.65. The molecule has 1 rings (SSSR count). The van der Waals surface area contributed by atoms with Crippen molar-refractivity contribution in [2.24, 2.45) is 0 Å². The molecule has 1 heterocycles. The van der Waals surface area contributed by atoms with Crippen molar-refractivity contribution in [2.75, 3.05) is 13.1 Å². The van der Waals surface area contributed by atoms with Crippen LogP contribution in [0.4, 0.5) is 0 Å². The van der Waals surface area contributed by atoms with Gasteiger partial charge in [-0.2, -0.15) is 5.10 Å². The molecule has 0 saturated carbocycles. The molecule has 0 spiro atoms. The highest BCUT2D eigenvalue weighted by atomic mass is 15.3. The number of aromatic nitrogens is 2. The minimum atomic E-state index is 0.602. The summed E-state index contributed by atoms with van der Waals surface area (Å²) >= 11 is 0. The Morgan fingerprint density at radius 3 is 2.42 bits per heavy atom. The Morgan fingerprint density at radius 2 is 1.89 bits per heavy atom. The highest BCUT2D eigenvalue weighted by Gasteiger charge is 2.12. The van der Waals surface area contributed by atoms with Gasteiger partial charge in [0.15, 0.2) is 0 Å². The first-order valence-electron chi connectivity index (χ1n) is 7.45. The molecule has 0 aliphatic heterocycles. The summed E-state index contributed by atoms with van der Waals surface area (Å²) < 4.78 is 2.07. The van der Waals surface area contributed by atoms with Crippen molar-refractivity contribution in [3.8, 4) is 0 Å². The molecule has 4 heteroatoms. The van der Waals surface area contributed by atoms with Crippen LogP contribution in [0.5, 0.6) is 0 Å². The summed E-state index contributed by atoms with van der Waals surface area (Å²) in [5.74, 6) is 0. The minimum Gasteiger partial charge on any atom is -0.310 e. The third kappa shape index (κ3) is 4.96. The van der Waals surface area contributed by atoms with E-state index in [0.717, 1.165) is 31.9 Å². The predicted octanol–water partition coefficient (Wildman–Crippen LogP) is 2.42. The van der Waals surface area contributed by atoms with Gasteiger partial charge in [-0.3, -0.25) is 9.58 Å². The molecule has 0 atom stereocenters. The highest BCUT2D eigenvalue weighted by Crippen LogP contribution is 2.05. The number of hydrogen-bond acceptors (Lipinski definition) is 3. The van der Waals surface area contributed by atoms with E-state index in [9.17, 15) is 0 Å². The predicted molar refractivity (Wildman–Crippen MR) is 81.3 cm³/mol. The largest absolute Gasteiger partial charge is 0.310 e. The first-order chi connectivity index (χ1) is 8.95. The van der Waals surface area contributed by atoms with Gasteiger partial charge in [0.05, 0.1) is 11.4 Å². The van der Waals surface area contributed by atoms with Crippen molar-refractivity contribution in [3.05, 3.63) is 17.5 Å². The van der Waals surface area contributed by atoms with E-state index in [1.54, 1.807) is 0 Å². The van der Waals surface area contributed by atoms with Crippen molar-refractivity contribution in [1.82, 2.24) is 20.0 Å². The van der Waals surface area contributed by atoms with E-state index < -0.39 is 0 Å². The van der Waals surface area contributed by atoms with Crippen molar-refractivity contribution < 1.29 is 0 Å². The van der Waals surface area contributed by atoms with Gasteiger partial charge >= 0.3 is 0 Å². The zero-order valence-corrected chi connectivity index (χ0v) is 13.4. The average molecular weight is 266 g/mol. The fourth-order valence-electron chi connectivity index (χ4n) is 2.55. The van der Waals surface area contributed by atoms with E-state index in [-0.39, 0.29) is 0 Å². The molecule has 0 radical (unpaired) electrons. The number of hydrogen-bond donors (Lipinski definition) is 1. The van der Waals surface area contributed by atoms with Crippen molar-refractivity contribution >= 4 is 0 Å². The van der Waals surface area contributed by atoms with Gasteiger partial charge in [-0.15, -0.1) is 0 Å². The van der Waals surface area contributed by atoms with Gasteiger partial charge in [-0.25, -0.2) is 0 Å². The van der Waals surface area contributed by atoms with Crippen LogP contribution < -0.4 is 5.32 Å². The van der Waals surface area contributed by atoms with E-state index in [1.165, 1.54) is 5.69 Å². The first kappa shape index (κ1) is 16.2. The molecule has 110 valence electrons. The zero-order valence-electron chi connectivity index (χ0n) is 13.4. The number of aryl methyl sites for hydroxylation is 2. The molecule has 0 aliphatic carbocycles. The minimum absolute atomic E-state index is 0.602. The number of nitrogens with zero attached hydrogens (tertiary/aromatic N) is 3. The van der Waals surface area contributed by atoms with E-state index in [2.05, 4.69) is 67.6 Å². The van der Waals surface area contributed by atoms with Gasteiger partial charge in [-0.05, 0) is 47.6 Å². The molecule has 1 aromatic heterocycles. The molecule has 0 saturated heterocycles. The summed E-state index contributed by atoms with van der Waals surface area (Å²) in [6.45, 7) is 17.2. The molecule has 19 heavy (non-hydrogen) atoms. The SMILES string of the molecule is CCn1nc(C)cc1CNCCN(C(C)C)C(C)C. The molecule has 0 unspecified atom stereocenters. The fourth-order valence-corrected chi connectivity index (χ4v) is 2.55. The van der Waals surface area contributed by atoms with Gasteiger partial charge in [0.1, 0.15) is 0 Å². The van der Waals surface area contributed by atoms with Crippen LogP contribution in [0.2, 0.25) is 0 Å². The summed E-state index contributed by atoms with van der Waals surface area (Å²) in [5, 5.41) is 7.99. The topological polar surface area (TPSA) is 33.1 Å². The summed E-state index contributed by atoms with van der Waals surface area (Å²) in [7, 11) is 0. The Kier molecular flexibility index (Phi) is 6.52. The van der Waals surface area contributed by atoms with E-state index >= 15 is 0 Å². The van der Waals surface area contributed by atoms with E-state index in [1.807, 2.05) is 0 Å². The average Bonchev–Trinajstić information content (AvgIpc) is 2.68. The van der Waals surface area contributed by atoms with Crippen LogP contribution in [-0.2, 0) is 13.1 Å². The quantitative estimate of drug-likeness (QED) is 0.734. The monoisotopic (exact) mass is 266 g/mol. The zero-order chi connectivity index (χ0) is 14.4. The molecule has 0 aromatic carbocycles. The number of rotatable bonds is 8. The van der Waals surface area contributed by atoms with Crippen LogP contribution >= 0.6 is 0 Å². The third-order valence-electron chi connectivity index (χ3n) is 3.46. The maximum atomic E-state index is 4.47. The van der Waals surface area contributed by atoms with Gasteiger partial charge in [0.25, 0.3) is 0 Å². The summed E-state index contributed by atoms with van der Waals surface area (Å²) in [6.07, 6.45) is 0. The van der Waals surface area contributed by atoms with Gasteiger partial charge in [0.2, 0.25) is 0 Å². The van der Waals surface area contributed by atoms with Gasteiger partial charge in [-0.1, -0.05) is 0 Å². The Bertz CT molecular complexity index is 360. The lowest BCUT2D eigenvalue weighted by molar-refractivity contribution is 0.175. The number of nitrogens with one attached hydrogen (secondary N) is 1. The first-order valence-corrected chi connectivity index (χ1v) is 7.45. The van der Waals surface area contributed by atoms with Crippen LogP contribution in [0.15, 0.2) is 6.07 Å². The Labute approximate surface area is 118 Å². The van der Waals surface area contributed by atoms with Gasteiger partial charge < -0.3 is 5.32 Å². The molecule has 0 fully saturated rings. The third-order valence-corrected chi connectivity index (χ3v) is 3.46. The standard InChI is InChI=1S/C15H30N4/c1-7-19-15(10-14(6)17-19)11-16-8-9-18(12(2)3)13(4)5/h10,12-13,16H,7-9,11H2,1-6H3. The Balaban J connectivity index is 2.37. The normalized spacial score (nSPS) is 12.1. The summed E-state index contributed by atoms with van der Waals surface area (Å²) in [6, 6.07) is 3.37. The Hall–Kier alpha value is -0.870. The van der Waals surface area contributed by atoms with Crippen LogP contribution in [0.3, 0.4) is 0 Å². The van der Waals surface area contributed by atoms with Crippen molar-refractivity contribution in [2.45, 2.75) is 66.7 Å². The molecule has 0 amide bonds. The second-order valence-corrected chi connectivity index (χ2v) is 5.69. The molecule has 0 bridgehead atoms. The van der Waals surface area contributed by atoms with Crippen LogP contribution in [0.1, 0.15) is 46.0 Å². The maximum Gasteiger partial charge on any atom is 0.0597 e. The van der Waals surface area contributed by atoms with E-state index in [4.69, 9.17) is 0 Å². The molecule has 0 aliphatic rings. The van der Waals surface area contributed by atoms with Crippen molar-refractivity contribution in [1.29, 1.82) is 0 Å². The molecular formula is C15H30N4. The second-order valence-electron chi connectivity index (χ2n) is 5.69. The van der Waals surface area contributed by atoms with Crippen LogP contribution in [0.25, 0.3) is 0 Å². The van der Waals surface area contributed by atoms with Crippen molar-refractivity contribution in [3.63, 3.8) is 0 Å². The Morgan fingerprint density at radius 1 is 1.26 bits per heavy atom. The van der Waals surface area contributed by atoms with Crippen LogP contribution in [-0.4, -0.2) is 39.9 Å². The molecular weight excluding hydrogens is 236 g/mol. The van der Waals surface area contributed by atoms with Gasteiger partial charge in [0, 0.05) is 38.3 Å². The lowest BCUT2D eigenvalue weighted by Gasteiger charge is -2.30. The molecule has 1 N–H and O–H groups in total. The maximum absolute atomic E-state index is 4.47. The smallest absolute Gasteiger partial charge is 0.0597 e. The lowest BCUT2D eigenvalue weighted by Crippen LogP contribution is -2.41. The van der Waals surface area contributed by atoms with Crippen LogP contribution in [0, 0.1) is 6.92 Å². The molecule has 4 nitrogen and oxygen atoms in total. The lowest BCUT2D eigenvalue weighted by atomic mass is 10.2. The highest BCUT2D eigenvalue weighted by molar-refractivity contribution is 5.08. The fraction of sp³-hybridized carbons (Fsp3) is 0.800.